The summed E-state index contributed by atoms with van der Waals surface area (Å²) in [4.78, 5) is 46.6. The number of pyridine rings is 1. The Balaban J connectivity index is 1.42. The molecule has 3 aromatic rings. The number of Topliss-reactive ketones (excluding diaryl/α,β-unsaturated/α-hetero) is 1. The summed E-state index contributed by atoms with van der Waals surface area (Å²) in [5, 5.41) is 2.15. The number of anilines is 2. The Bertz CT molecular complexity index is 1280. The lowest BCUT2D eigenvalue weighted by atomic mass is 9.97. The van der Waals surface area contributed by atoms with Gasteiger partial charge in [0.1, 0.15) is 5.82 Å². The monoisotopic (exact) mass is 530 g/mol. The predicted molar refractivity (Wildman–Crippen MR) is 130 cm³/mol. The molecule has 1 fully saturated rings. The molecule has 0 saturated carbocycles. The van der Waals surface area contributed by atoms with Crippen LogP contribution in [-0.2, 0) is 22.1 Å². The molecular formula is C26H25F3N4O5. The van der Waals surface area contributed by atoms with E-state index >= 15 is 0 Å². The number of aromatic nitrogens is 2. The van der Waals surface area contributed by atoms with Crippen LogP contribution in [0.3, 0.4) is 0 Å². The normalized spacial score (nSPS) is 14.3. The molecule has 2 aromatic heterocycles. The smallest absolute Gasteiger partial charge is 0.437 e. The van der Waals surface area contributed by atoms with Gasteiger partial charge in [0.15, 0.2) is 5.69 Å². The van der Waals surface area contributed by atoms with Crippen LogP contribution in [0.1, 0.15) is 51.9 Å². The number of nitrogens with one attached hydrogen (secondary N) is 1. The first-order chi connectivity index (χ1) is 18.2. The topological polar surface area (TPSA) is 115 Å². The van der Waals surface area contributed by atoms with Gasteiger partial charge in [0, 0.05) is 31.3 Å². The molecule has 1 N–H and O–H groups in total. The van der Waals surface area contributed by atoms with Crippen molar-refractivity contribution in [3.63, 3.8) is 0 Å². The number of hydrogen-bond donors (Lipinski definition) is 1. The number of rotatable bonds is 8. The van der Waals surface area contributed by atoms with Crippen LogP contribution in [0.5, 0.6) is 0 Å². The Morgan fingerprint density at radius 3 is 2.42 bits per heavy atom. The number of esters is 1. The number of nitrogens with zero attached hydrogens (tertiary/aromatic N) is 3. The molecule has 12 heteroatoms. The minimum absolute atomic E-state index is 0.157. The Morgan fingerprint density at radius 1 is 1.11 bits per heavy atom. The molecule has 38 heavy (non-hydrogen) atoms. The van der Waals surface area contributed by atoms with Gasteiger partial charge < -0.3 is 14.1 Å². The second-order valence-corrected chi connectivity index (χ2v) is 8.65. The molecule has 0 atom stereocenters. The van der Waals surface area contributed by atoms with Crippen molar-refractivity contribution in [2.24, 2.45) is 5.92 Å². The average Bonchev–Trinajstić information content (AvgIpc) is 3.35. The van der Waals surface area contributed by atoms with Crippen molar-refractivity contribution < 1.29 is 36.7 Å². The van der Waals surface area contributed by atoms with Gasteiger partial charge in [-0.25, -0.2) is 4.98 Å². The Labute approximate surface area is 216 Å². The number of carbonyl (C=O) groups excluding carboxylic acids is 3. The summed E-state index contributed by atoms with van der Waals surface area (Å²) in [5.74, 6) is -2.42. The molecule has 0 unspecified atom stereocenters. The first kappa shape index (κ1) is 26.8. The number of alkyl halides is 3. The second-order valence-electron chi connectivity index (χ2n) is 8.65. The van der Waals surface area contributed by atoms with E-state index in [0.717, 1.165) is 0 Å². The number of ether oxygens (including phenoxy) is 1. The highest BCUT2D eigenvalue weighted by molar-refractivity contribution is 6.03. The number of ketones is 1. The van der Waals surface area contributed by atoms with Crippen molar-refractivity contribution in [2.75, 3.05) is 29.9 Å². The van der Waals surface area contributed by atoms with E-state index in [-0.39, 0.29) is 17.5 Å². The highest BCUT2D eigenvalue weighted by atomic mass is 19.4. The average molecular weight is 531 g/mol. The molecule has 200 valence electrons. The van der Waals surface area contributed by atoms with Crippen molar-refractivity contribution in [1.82, 2.24) is 9.97 Å². The molecule has 1 saturated heterocycles. The van der Waals surface area contributed by atoms with Gasteiger partial charge in [-0.1, -0.05) is 24.3 Å². The van der Waals surface area contributed by atoms with E-state index in [1.807, 2.05) is 4.90 Å². The molecule has 1 aromatic carbocycles. The van der Waals surface area contributed by atoms with Gasteiger partial charge in [0.05, 0.1) is 12.5 Å². The summed E-state index contributed by atoms with van der Waals surface area (Å²) in [5.41, 5.74) is -0.956. The molecule has 0 aliphatic carbocycles. The maximum atomic E-state index is 13.6. The number of piperidine rings is 1. The van der Waals surface area contributed by atoms with E-state index in [1.165, 1.54) is 18.3 Å². The predicted octanol–water partition coefficient (Wildman–Crippen LogP) is 4.55. The molecule has 0 radical (unpaired) electrons. The second kappa shape index (κ2) is 11.4. The lowest BCUT2D eigenvalue weighted by Crippen LogP contribution is -2.37. The fourth-order valence-electron chi connectivity index (χ4n) is 4.09. The molecule has 0 bridgehead atoms. The van der Waals surface area contributed by atoms with Gasteiger partial charge in [-0.2, -0.15) is 18.2 Å². The van der Waals surface area contributed by atoms with Gasteiger partial charge in [0.2, 0.25) is 11.5 Å². The van der Waals surface area contributed by atoms with Gasteiger partial charge in [-0.3, -0.25) is 19.7 Å². The highest BCUT2D eigenvalue weighted by Crippen LogP contribution is 2.34. The summed E-state index contributed by atoms with van der Waals surface area (Å²) in [6, 6.07) is 10.3. The molecule has 0 spiro atoms. The summed E-state index contributed by atoms with van der Waals surface area (Å²) >= 11 is 0. The summed E-state index contributed by atoms with van der Waals surface area (Å²) in [6.07, 6.45) is -2.73. The van der Waals surface area contributed by atoms with Gasteiger partial charge >= 0.3 is 18.2 Å². The van der Waals surface area contributed by atoms with E-state index in [0.29, 0.717) is 43.9 Å². The maximum absolute atomic E-state index is 13.6. The van der Waals surface area contributed by atoms with Crippen molar-refractivity contribution in [1.29, 1.82) is 0 Å². The molecule has 9 nitrogen and oxygen atoms in total. The minimum Gasteiger partial charge on any atom is -0.466 e. The van der Waals surface area contributed by atoms with Crippen LogP contribution in [0.4, 0.5) is 25.0 Å². The zero-order chi connectivity index (χ0) is 27.3. The van der Waals surface area contributed by atoms with Crippen molar-refractivity contribution in [3.05, 3.63) is 71.2 Å². The van der Waals surface area contributed by atoms with E-state index in [9.17, 15) is 27.6 Å². The fourth-order valence-corrected chi connectivity index (χ4v) is 4.09. The van der Waals surface area contributed by atoms with Crippen LogP contribution in [0.2, 0.25) is 0 Å². The third-order valence-electron chi connectivity index (χ3n) is 6.02. The van der Waals surface area contributed by atoms with Crippen molar-refractivity contribution in [3.8, 4) is 0 Å². The largest absolute Gasteiger partial charge is 0.466 e. The number of oxazole rings is 1. The third-order valence-corrected chi connectivity index (χ3v) is 6.02. The summed E-state index contributed by atoms with van der Waals surface area (Å²) in [7, 11) is 0. The number of benzene rings is 1. The number of hydrogen-bond acceptors (Lipinski definition) is 8. The van der Waals surface area contributed by atoms with E-state index in [1.54, 1.807) is 37.3 Å². The van der Waals surface area contributed by atoms with Crippen LogP contribution in [0.25, 0.3) is 0 Å². The Hall–Kier alpha value is -4.22. The molecule has 1 aliphatic rings. The van der Waals surface area contributed by atoms with Crippen molar-refractivity contribution >= 4 is 29.5 Å². The summed E-state index contributed by atoms with van der Waals surface area (Å²) in [6.45, 7) is 3.29. The van der Waals surface area contributed by atoms with E-state index in [4.69, 9.17) is 9.15 Å². The zero-order valence-electron chi connectivity index (χ0n) is 20.5. The molecule has 4 rings (SSSR count). The van der Waals surface area contributed by atoms with Gasteiger partial charge in [-0.05, 0) is 43.5 Å². The van der Waals surface area contributed by atoms with Crippen LogP contribution in [0, 0.1) is 5.92 Å². The molecule has 3 heterocycles. The number of halogens is 3. The number of carbonyl (C=O) groups is 3. The highest BCUT2D eigenvalue weighted by Gasteiger charge is 2.41. The lowest BCUT2D eigenvalue weighted by molar-refractivity contribution is -0.148. The van der Waals surface area contributed by atoms with E-state index < -0.39 is 41.8 Å². The quantitative estimate of drug-likeness (QED) is 0.333. The van der Waals surface area contributed by atoms with Crippen LogP contribution >= 0.6 is 0 Å². The van der Waals surface area contributed by atoms with Crippen LogP contribution in [0.15, 0.2) is 53.1 Å². The zero-order valence-corrected chi connectivity index (χ0v) is 20.5. The third kappa shape index (κ3) is 6.36. The molecule has 1 amide bonds. The molecule has 1 aliphatic heterocycles. The van der Waals surface area contributed by atoms with Gasteiger partial charge in [-0.15, -0.1) is 0 Å². The first-order valence-corrected chi connectivity index (χ1v) is 12.0. The van der Waals surface area contributed by atoms with Crippen LogP contribution < -0.4 is 10.2 Å². The molecular weight excluding hydrogens is 505 g/mol. The Kier molecular flexibility index (Phi) is 8.08. The minimum atomic E-state index is -4.97. The van der Waals surface area contributed by atoms with Crippen molar-refractivity contribution in [2.45, 2.75) is 32.4 Å². The first-order valence-electron chi connectivity index (χ1n) is 12.0. The summed E-state index contributed by atoms with van der Waals surface area (Å²) < 4.78 is 50.8. The fraction of sp³-hybridized carbons (Fsp3) is 0.346. The maximum Gasteiger partial charge on any atom is 0.437 e. The standard InChI is InChI=1S/C26H25F3N4O5/c1-2-37-24(36)18-10-12-33(13-11-18)20-9-8-16(15-30-20)14-19(34)21-22(26(27,28)29)31-25(38-21)32-23(35)17-6-4-3-5-7-17/h3-9,15,18H,2,10-14H2,1H3,(H,31,32,35). The Morgan fingerprint density at radius 2 is 1.82 bits per heavy atom. The SMILES string of the molecule is CCOC(=O)C1CCN(c2ccc(CC(=O)c3oc(NC(=O)c4ccccc4)nc3C(F)(F)F)cn2)CC1. The van der Waals surface area contributed by atoms with Crippen LogP contribution in [-0.4, -0.2) is 47.3 Å². The number of amides is 1. The van der Waals surface area contributed by atoms with Gasteiger partial charge in [0.25, 0.3) is 5.91 Å². The van der Waals surface area contributed by atoms with E-state index in [2.05, 4.69) is 15.3 Å². The lowest BCUT2D eigenvalue weighted by Gasteiger charge is -2.31.